The molecule has 0 unspecified atom stereocenters. The quantitative estimate of drug-likeness (QED) is 0.738. The number of carbonyl (C=O) groups is 2. The van der Waals surface area contributed by atoms with E-state index in [9.17, 15) is 9.59 Å². The summed E-state index contributed by atoms with van der Waals surface area (Å²) in [4.78, 5) is 24.9. The molecule has 0 heterocycles. The van der Waals surface area contributed by atoms with Crippen LogP contribution in [0.25, 0.3) is 0 Å². The van der Waals surface area contributed by atoms with E-state index in [1.807, 2.05) is 0 Å². The fraction of sp³-hybridized carbons (Fsp3) is 0.385. The standard InChI is InChI=1S/C13H17NO4/c1-14(7-8-17-2)12(15)10-5-4-6-11(9-10)13(16)18-3/h4-6,9H,7-8H2,1-3H3. The molecule has 0 aliphatic rings. The molecule has 5 heteroatoms. The molecule has 0 aliphatic carbocycles. The lowest BCUT2D eigenvalue weighted by atomic mass is 10.1. The molecule has 0 aliphatic heterocycles. The van der Waals surface area contributed by atoms with Crippen LogP contribution in [0.1, 0.15) is 20.7 Å². The summed E-state index contributed by atoms with van der Waals surface area (Å²) in [7, 11) is 4.57. The number of esters is 1. The average molecular weight is 251 g/mol. The topological polar surface area (TPSA) is 55.8 Å². The maximum atomic E-state index is 12.0. The molecule has 0 saturated carbocycles. The van der Waals surface area contributed by atoms with E-state index in [0.717, 1.165) is 0 Å². The van der Waals surface area contributed by atoms with Crippen molar-refractivity contribution in [3.05, 3.63) is 35.4 Å². The van der Waals surface area contributed by atoms with E-state index < -0.39 is 5.97 Å². The SMILES string of the molecule is COCCN(C)C(=O)c1cccc(C(=O)OC)c1. The third-order valence-corrected chi connectivity index (χ3v) is 2.51. The Hall–Kier alpha value is -1.88. The van der Waals surface area contributed by atoms with Crippen molar-refractivity contribution in [2.24, 2.45) is 0 Å². The Kier molecular flexibility index (Phi) is 5.32. The van der Waals surface area contributed by atoms with Crippen molar-refractivity contribution in [1.29, 1.82) is 0 Å². The molecule has 0 radical (unpaired) electrons. The van der Waals surface area contributed by atoms with E-state index >= 15 is 0 Å². The monoisotopic (exact) mass is 251 g/mol. The van der Waals surface area contributed by atoms with Gasteiger partial charge in [0, 0.05) is 26.3 Å². The Morgan fingerprint density at radius 2 is 1.89 bits per heavy atom. The molecule has 1 amide bonds. The molecule has 0 fully saturated rings. The van der Waals surface area contributed by atoms with Crippen LogP contribution in [0.4, 0.5) is 0 Å². The van der Waals surface area contributed by atoms with Gasteiger partial charge in [0.25, 0.3) is 5.91 Å². The number of hydrogen-bond donors (Lipinski definition) is 0. The minimum Gasteiger partial charge on any atom is -0.465 e. The van der Waals surface area contributed by atoms with Crippen molar-refractivity contribution < 1.29 is 19.1 Å². The summed E-state index contributed by atoms with van der Waals surface area (Å²) >= 11 is 0. The maximum absolute atomic E-state index is 12.0. The Morgan fingerprint density at radius 3 is 2.50 bits per heavy atom. The predicted octanol–water partition coefficient (Wildman–Crippen LogP) is 1.19. The smallest absolute Gasteiger partial charge is 0.337 e. The Bertz CT molecular complexity index is 431. The highest BCUT2D eigenvalue weighted by molar-refractivity contribution is 5.97. The number of hydrogen-bond acceptors (Lipinski definition) is 4. The highest BCUT2D eigenvalue weighted by Gasteiger charge is 2.13. The summed E-state index contributed by atoms with van der Waals surface area (Å²) in [5.74, 6) is -0.609. The highest BCUT2D eigenvalue weighted by atomic mass is 16.5. The van der Waals surface area contributed by atoms with Gasteiger partial charge in [-0.1, -0.05) is 6.07 Å². The van der Waals surface area contributed by atoms with Gasteiger partial charge in [-0.05, 0) is 18.2 Å². The first kappa shape index (κ1) is 14.2. The molecular formula is C13H17NO4. The molecule has 98 valence electrons. The van der Waals surface area contributed by atoms with Gasteiger partial charge in [-0.2, -0.15) is 0 Å². The number of benzene rings is 1. The van der Waals surface area contributed by atoms with Crippen LogP contribution < -0.4 is 0 Å². The second-order valence-corrected chi connectivity index (χ2v) is 3.79. The van der Waals surface area contributed by atoms with Crippen LogP contribution >= 0.6 is 0 Å². The number of carbonyl (C=O) groups excluding carboxylic acids is 2. The molecule has 0 aromatic heterocycles. The van der Waals surface area contributed by atoms with Crippen LogP contribution in [0.15, 0.2) is 24.3 Å². The summed E-state index contributed by atoms with van der Waals surface area (Å²) in [5, 5.41) is 0. The van der Waals surface area contributed by atoms with Crippen molar-refractivity contribution >= 4 is 11.9 Å². The number of methoxy groups -OCH3 is 2. The van der Waals surface area contributed by atoms with E-state index in [-0.39, 0.29) is 5.91 Å². The normalized spacial score (nSPS) is 9.94. The van der Waals surface area contributed by atoms with Gasteiger partial charge >= 0.3 is 5.97 Å². The van der Waals surface area contributed by atoms with Crippen molar-refractivity contribution in [1.82, 2.24) is 4.90 Å². The molecule has 5 nitrogen and oxygen atoms in total. The molecule has 0 bridgehead atoms. The predicted molar refractivity (Wildman–Crippen MR) is 66.6 cm³/mol. The van der Waals surface area contributed by atoms with Crippen LogP contribution in [0.5, 0.6) is 0 Å². The minimum atomic E-state index is -0.454. The number of likely N-dealkylation sites (N-methyl/N-ethyl adjacent to an activating group) is 1. The Morgan fingerprint density at radius 1 is 1.22 bits per heavy atom. The first-order valence-electron chi connectivity index (χ1n) is 5.53. The van der Waals surface area contributed by atoms with Crippen molar-refractivity contribution in [2.75, 3.05) is 34.4 Å². The van der Waals surface area contributed by atoms with Gasteiger partial charge in [-0.3, -0.25) is 4.79 Å². The first-order valence-corrected chi connectivity index (χ1v) is 5.53. The van der Waals surface area contributed by atoms with Crippen LogP contribution in [-0.4, -0.2) is 51.2 Å². The molecule has 1 rings (SSSR count). The van der Waals surface area contributed by atoms with Crippen molar-refractivity contribution in [3.63, 3.8) is 0 Å². The first-order chi connectivity index (χ1) is 8.60. The van der Waals surface area contributed by atoms with Gasteiger partial charge in [0.2, 0.25) is 0 Å². The van der Waals surface area contributed by atoms with Crippen LogP contribution in [0.2, 0.25) is 0 Å². The maximum Gasteiger partial charge on any atom is 0.337 e. The van der Waals surface area contributed by atoms with Crippen LogP contribution in [-0.2, 0) is 9.47 Å². The number of ether oxygens (including phenoxy) is 2. The van der Waals surface area contributed by atoms with Crippen molar-refractivity contribution in [3.8, 4) is 0 Å². The third kappa shape index (κ3) is 3.56. The number of amides is 1. The molecule has 0 spiro atoms. The molecular weight excluding hydrogens is 234 g/mol. The average Bonchev–Trinajstić information content (AvgIpc) is 2.43. The second-order valence-electron chi connectivity index (χ2n) is 3.79. The molecule has 1 aromatic carbocycles. The Balaban J connectivity index is 2.83. The van der Waals surface area contributed by atoms with Gasteiger partial charge in [0.15, 0.2) is 0 Å². The van der Waals surface area contributed by atoms with Crippen LogP contribution in [0, 0.1) is 0 Å². The fourth-order valence-corrected chi connectivity index (χ4v) is 1.45. The lowest BCUT2D eigenvalue weighted by molar-refractivity contribution is 0.0600. The number of rotatable bonds is 5. The van der Waals surface area contributed by atoms with Gasteiger partial charge in [0.1, 0.15) is 0 Å². The van der Waals surface area contributed by atoms with E-state index in [2.05, 4.69) is 4.74 Å². The minimum absolute atomic E-state index is 0.155. The zero-order valence-corrected chi connectivity index (χ0v) is 10.8. The second kappa shape index (κ2) is 6.76. The Labute approximate surface area is 106 Å². The van der Waals surface area contributed by atoms with E-state index in [1.165, 1.54) is 13.2 Å². The third-order valence-electron chi connectivity index (χ3n) is 2.51. The van der Waals surface area contributed by atoms with E-state index in [0.29, 0.717) is 24.3 Å². The van der Waals surface area contributed by atoms with Gasteiger partial charge in [0.05, 0.1) is 19.3 Å². The lowest BCUT2D eigenvalue weighted by Crippen LogP contribution is -2.30. The summed E-state index contributed by atoms with van der Waals surface area (Å²) in [6.45, 7) is 0.969. The number of nitrogens with zero attached hydrogens (tertiary/aromatic N) is 1. The van der Waals surface area contributed by atoms with Crippen molar-refractivity contribution in [2.45, 2.75) is 0 Å². The molecule has 18 heavy (non-hydrogen) atoms. The lowest BCUT2D eigenvalue weighted by Gasteiger charge is -2.16. The van der Waals surface area contributed by atoms with E-state index in [1.54, 1.807) is 37.3 Å². The summed E-state index contributed by atoms with van der Waals surface area (Å²) < 4.78 is 9.52. The summed E-state index contributed by atoms with van der Waals surface area (Å²) in [6.07, 6.45) is 0. The van der Waals surface area contributed by atoms with Gasteiger partial charge < -0.3 is 14.4 Å². The highest BCUT2D eigenvalue weighted by Crippen LogP contribution is 2.09. The fourth-order valence-electron chi connectivity index (χ4n) is 1.45. The van der Waals surface area contributed by atoms with Crippen LogP contribution in [0.3, 0.4) is 0 Å². The zero-order valence-electron chi connectivity index (χ0n) is 10.8. The molecule has 0 atom stereocenters. The largest absolute Gasteiger partial charge is 0.465 e. The zero-order chi connectivity index (χ0) is 13.5. The van der Waals surface area contributed by atoms with Gasteiger partial charge in [-0.15, -0.1) is 0 Å². The summed E-state index contributed by atoms with van der Waals surface area (Å²) in [5.41, 5.74) is 0.819. The molecule has 0 N–H and O–H groups in total. The molecule has 0 saturated heterocycles. The van der Waals surface area contributed by atoms with Gasteiger partial charge in [-0.25, -0.2) is 4.79 Å². The molecule has 1 aromatic rings. The van der Waals surface area contributed by atoms with E-state index in [4.69, 9.17) is 4.74 Å². The summed E-state index contributed by atoms with van der Waals surface area (Å²) in [6, 6.07) is 6.46.